The smallest absolute Gasteiger partial charge is 0.161 e. The van der Waals surface area contributed by atoms with Gasteiger partial charge in [-0.2, -0.15) is 0 Å². The molecule has 0 radical (unpaired) electrons. The maximum Gasteiger partial charge on any atom is 0.161 e. The summed E-state index contributed by atoms with van der Waals surface area (Å²) in [6, 6.07) is 5.42. The maximum atomic E-state index is 10.9. The van der Waals surface area contributed by atoms with Gasteiger partial charge in [0.25, 0.3) is 0 Å². The average Bonchev–Trinajstić information content (AvgIpc) is 2.07. The van der Waals surface area contributed by atoms with E-state index in [2.05, 4.69) is 5.73 Å². The number of carbonyl (C=O) groups excluding carboxylic acids is 1. The van der Waals surface area contributed by atoms with Gasteiger partial charge in [0.15, 0.2) is 5.78 Å². The van der Waals surface area contributed by atoms with Crippen molar-refractivity contribution >= 4 is 17.4 Å². The van der Waals surface area contributed by atoms with Crippen LogP contribution in [0.15, 0.2) is 18.2 Å². The summed E-state index contributed by atoms with van der Waals surface area (Å²) >= 11 is 5.80. The van der Waals surface area contributed by atoms with Crippen molar-refractivity contribution < 1.29 is 4.79 Å². The van der Waals surface area contributed by atoms with E-state index >= 15 is 0 Å². The molecule has 0 spiro atoms. The Morgan fingerprint density at radius 2 is 1.92 bits per heavy atom. The molecule has 0 heterocycles. The van der Waals surface area contributed by atoms with E-state index in [1.807, 2.05) is 13.0 Å². The van der Waals surface area contributed by atoms with E-state index in [1.165, 1.54) is 14.0 Å². The van der Waals surface area contributed by atoms with Gasteiger partial charge in [0.1, 0.15) is 0 Å². The molecule has 0 aliphatic heterocycles. The zero-order chi connectivity index (χ0) is 10.4. The fraction of sp³-hybridized carbons (Fsp3) is 0.300. The van der Waals surface area contributed by atoms with E-state index in [4.69, 9.17) is 11.6 Å². The SMILES string of the molecule is CC(=O)c1ccc(C)cc1Cl.CN. The van der Waals surface area contributed by atoms with Crippen LogP contribution in [0.25, 0.3) is 0 Å². The highest BCUT2D eigenvalue weighted by Crippen LogP contribution is 2.17. The summed E-state index contributed by atoms with van der Waals surface area (Å²) in [7, 11) is 1.50. The highest BCUT2D eigenvalue weighted by Gasteiger charge is 2.03. The molecule has 0 saturated heterocycles. The molecule has 0 aliphatic carbocycles. The average molecular weight is 200 g/mol. The second-order valence-corrected chi connectivity index (χ2v) is 2.95. The summed E-state index contributed by atoms with van der Waals surface area (Å²) < 4.78 is 0. The Kier molecular flexibility index (Phi) is 5.35. The summed E-state index contributed by atoms with van der Waals surface area (Å²) in [4.78, 5) is 10.9. The van der Waals surface area contributed by atoms with Gasteiger partial charge in [-0.15, -0.1) is 0 Å². The molecule has 0 bridgehead atoms. The van der Waals surface area contributed by atoms with Crippen LogP contribution < -0.4 is 5.73 Å². The molecule has 2 N–H and O–H groups in total. The van der Waals surface area contributed by atoms with E-state index in [1.54, 1.807) is 12.1 Å². The summed E-state index contributed by atoms with van der Waals surface area (Å²) in [5.74, 6) is 0.00926. The van der Waals surface area contributed by atoms with Crippen molar-refractivity contribution in [1.29, 1.82) is 0 Å². The lowest BCUT2D eigenvalue weighted by Crippen LogP contribution is -1.92. The lowest BCUT2D eigenvalue weighted by Gasteiger charge is -1.99. The normalized spacial score (nSPS) is 8.69. The summed E-state index contributed by atoms with van der Waals surface area (Å²) in [5, 5.41) is 0.539. The minimum atomic E-state index is 0.00926. The van der Waals surface area contributed by atoms with Crippen LogP contribution in [0.1, 0.15) is 22.8 Å². The van der Waals surface area contributed by atoms with Crippen LogP contribution in [0.4, 0.5) is 0 Å². The number of aryl methyl sites for hydroxylation is 1. The highest BCUT2D eigenvalue weighted by atomic mass is 35.5. The van der Waals surface area contributed by atoms with Crippen LogP contribution in [0, 0.1) is 6.92 Å². The quantitative estimate of drug-likeness (QED) is 0.706. The Balaban J connectivity index is 0.000000671. The zero-order valence-corrected chi connectivity index (χ0v) is 8.85. The summed E-state index contributed by atoms with van der Waals surface area (Å²) in [5.41, 5.74) is 6.16. The van der Waals surface area contributed by atoms with E-state index in [0.29, 0.717) is 10.6 Å². The molecule has 0 fully saturated rings. The molecular weight excluding hydrogens is 186 g/mol. The van der Waals surface area contributed by atoms with Gasteiger partial charge < -0.3 is 5.73 Å². The largest absolute Gasteiger partial charge is 0.333 e. The monoisotopic (exact) mass is 199 g/mol. The molecule has 0 aromatic heterocycles. The Bertz CT molecular complexity index is 297. The first-order valence-corrected chi connectivity index (χ1v) is 4.34. The molecule has 3 heteroatoms. The summed E-state index contributed by atoms with van der Waals surface area (Å²) in [6.45, 7) is 3.45. The molecule has 1 rings (SSSR count). The van der Waals surface area contributed by atoms with Gasteiger partial charge in [0, 0.05) is 5.56 Å². The third-order valence-corrected chi connectivity index (χ3v) is 1.82. The van der Waals surface area contributed by atoms with Crippen LogP contribution in [-0.2, 0) is 0 Å². The van der Waals surface area contributed by atoms with Crippen LogP contribution in [0.3, 0.4) is 0 Å². The lowest BCUT2D eigenvalue weighted by atomic mass is 10.1. The van der Waals surface area contributed by atoms with Gasteiger partial charge in [0.2, 0.25) is 0 Å². The van der Waals surface area contributed by atoms with Crippen LogP contribution in [0.2, 0.25) is 5.02 Å². The first-order chi connectivity index (χ1) is 6.11. The molecule has 1 aromatic rings. The minimum Gasteiger partial charge on any atom is -0.333 e. The van der Waals surface area contributed by atoms with Gasteiger partial charge in [0.05, 0.1) is 5.02 Å². The molecule has 13 heavy (non-hydrogen) atoms. The topological polar surface area (TPSA) is 43.1 Å². The van der Waals surface area contributed by atoms with Crippen molar-refractivity contribution in [3.05, 3.63) is 34.3 Å². The molecule has 0 unspecified atom stereocenters. The van der Waals surface area contributed by atoms with Crippen molar-refractivity contribution in [1.82, 2.24) is 0 Å². The Labute approximate surface area is 83.7 Å². The fourth-order valence-corrected chi connectivity index (χ4v) is 1.27. The summed E-state index contributed by atoms with van der Waals surface area (Å²) in [6.07, 6.45) is 0. The number of carbonyl (C=O) groups is 1. The Hall–Kier alpha value is -0.860. The standard InChI is InChI=1S/C9H9ClO.CH5N/c1-6-3-4-8(7(2)11)9(10)5-6;1-2/h3-5H,1-2H3;2H2,1H3. The van der Waals surface area contributed by atoms with E-state index in [0.717, 1.165) is 5.56 Å². The molecule has 0 amide bonds. The number of benzene rings is 1. The molecular formula is C10H14ClNO. The highest BCUT2D eigenvalue weighted by molar-refractivity contribution is 6.33. The fourth-order valence-electron chi connectivity index (χ4n) is 0.906. The van der Waals surface area contributed by atoms with Gasteiger partial charge in [-0.1, -0.05) is 17.7 Å². The predicted octanol–water partition coefficient (Wildman–Crippen LogP) is 2.43. The second kappa shape index (κ2) is 5.73. The van der Waals surface area contributed by atoms with Crippen molar-refractivity contribution in [3.63, 3.8) is 0 Å². The number of hydrogen-bond donors (Lipinski definition) is 1. The number of Topliss-reactive ketones (excluding diaryl/α,β-unsaturated/α-hetero) is 1. The number of hydrogen-bond acceptors (Lipinski definition) is 2. The predicted molar refractivity (Wildman–Crippen MR) is 56.3 cm³/mol. The van der Waals surface area contributed by atoms with Gasteiger partial charge in [-0.3, -0.25) is 4.79 Å². The molecule has 0 aliphatic rings. The number of nitrogens with two attached hydrogens (primary N) is 1. The van der Waals surface area contributed by atoms with Gasteiger partial charge >= 0.3 is 0 Å². The Morgan fingerprint density at radius 3 is 2.31 bits per heavy atom. The first kappa shape index (κ1) is 12.1. The molecule has 72 valence electrons. The lowest BCUT2D eigenvalue weighted by molar-refractivity contribution is 0.101. The third kappa shape index (κ3) is 3.57. The first-order valence-electron chi connectivity index (χ1n) is 3.96. The van der Waals surface area contributed by atoms with Gasteiger partial charge in [-0.25, -0.2) is 0 Å². The van der Waals surface area contributed by atoms with Crippen LogP contribution >= 0.6 is 11.6 Å². The molecule has 0 saturated carbocycles. The van der Waals surface area contributed by atoms with E-state index in [-0.39, 0.29) is 5.78 Å². The minimum absolute atomic E-state index is 0.00926. The van der Waals surface area contributed by atoms with Crippen LogP contribution in [-0.4, -0.2) is 12.8 Å². The van der Waals surface area contributed by atoms with E-state index < -0.39 is 0 Å². The Morgan fingerprint density at radius 1 is 1.38 bits per heavy atom. The van der Waals surface area contributed by atoms with Crippen molar-refractivity contribution in [2.45, 2.75) is 13.8 Å². The molecule has 0 atom stereocenters. The maximum absolute atomic E-state index is 10.9. The van der Waals surface area contributed by atoms with Crippen molar-refractivity contribution in [3.8, 4) is 0 Å². The van der Waals surface area contributed by atoms with Crippen molar-refractivity contribution in [2.24, 2.45) is 5.73 Å². The zero-order valence-electron chi connectivity index (χ0n) is 8.10. The molecule has 1 aromatic carbocycles. The van der Waals surface area contributed by atoms with Gasteiger partial charge in [-0.05, 0) is 38.6 Å². The molecule has 2 nitrogen and oxygen atoms in total. The third-order valence-electron chi connectivity index (χ3n) is 1.50. The number of ketones is 1. The second-order valence-electron chi connectivity index (χ2n) is 2.54. The van der Waals surface area contributed by atoms with Crippen molar-refractivity contribution in [2.75, 3.05) is 7.05 Å². The van der Waals surface area contributed by atoms with Crippen LogP contribution in [0.5, 0.6) is 0 Å². The van der Waals surface area contributed by atoms with E-state index in [9.17, 15) is 4.79 Å². The number of rotatable bonds is 1. The number of halogens is 1.